The van der Waals surface area contributed by atoms with Gasteiger partial charge in [0.15, 0.2) is 0 Å². The van der Waals surface area contributed by atoms with Gasteiger partial charge < -0.3 is 10.2 Å². The van der Waals surface area contributed by atoms with Crippen LogP contribution in [0.4, 0.5) is 10.1 Å². The number of nitrogens with one attached hydrogen (secondary N) is 1. The summed E-state index contributed by atoms with van der Waals surface area (Å²) in [5, 5.41) is 2.94. The number of anilines is 1. The first-order valence-electron chi connectivity index (χ1n) is 13.1. The maximum atomic E-state index is 15.0. The third kappa shape index (κ3) is 7.44. The lowest BCUT2D eigenvalue weighted by molar-refractivity contribution is -0.140. The molecular formula is C30H36FN3O4S. The molecule has 0 saturated heterocycles. The van der Waals surface area contributed by atoms with Crippen molar-refractivity contribution >= 4 is 27.5 Å². The number of aryl methyl sites for hydroxylation is 1. The molecular weight excluding hydrogens is 517 g/mol. The molecule has 1 N–H and O–H groups in total. The van der Waals surface area contributed by atoms with Gasteiger partial charge in [0.25, 0.3) is 10.0 Å². The number of sulfonamides is 1. The first kappa shape index (κ1) is 29.8. The SMILES string of the molecule is CC[C@@H](C)NC(=O)[C@H](CC)N(Cc1cccc(C)c1)C(=O)CN(c1ccccc1F)S(=O)(=O)c1ccccc1. The van der Waals surface area contributed by atoms with Gasteiger partial charge >= 0.3 is 0 Å². The Kier molecular flexibility index (Phi) is 10.2. The standard InChI is InChI=1S/C30H36FN3O4S/c1-5-23(4)32-30(36)27(6-2)33(20-24-14-12-13-22(3)19-24)29(35)21-34(28-18-11-10-17-26(28)31)39(37,38)25-15-8-7-9-16-25/h7-19,23,27H,5-6,20-21H2,1-4H3,(H,32,36)/t23-,27+/m1/s1. The Morgan fingerprint density at radius 1 is 0.923 bits per heavy atom. The number of benzene rings is 3. The lowest BCUT2D eigenvalue weighted by atomic mass is 10.1. The van der Waals surface area contributed by atoms with Gasteiger partial charge in [-0.05, 0) is 56.5 Å². The molecule has 0 unspecified atom stereocenters. The Hall–Kier alpha value is -3.72. The summed E-state index contributed by atoms with van der Waals surface area (Å²) in [4.78, 5) is 28.6. The van der Waals surface area contributed by atoms with Gasteiger partial charge in [0.1, 0.15) is 18.4 Å². The Morgan fingerprint density at radius 2 is 1.59 bits per heavy atom. The van der Waals surface area contributed by atoms with Gasteiger partial charge in [-0.1, -0.05) is 74.0 Å². The second-order valence-corrected chi connectivity index (χ2v) is 11.4. The van der Waals surface area contributed by atoms with Crippen molar-refractivity contribution in [1.29, 1.82) is 0 Å². The van der Waals surface area contributed by atoms with E-state index in [1.165, 1.54) is 35.2 Å². The van der Waals surface area contributed by atoms with Crippen molar-refractivity contribution in [3.63, 3.8) is 0 Å². The molecule has 0 aliphatic heterocycles. The molecule has 0 aromatic heterocycles. The number of hydrogen-bond donors (Lipinski definition) is 1. The largest absolute Gasteiger partial charge is 0.352 e. The minimum Gasteiger partial charge on any atom is -0.352 e. The highest BCUT2D eigenvalue weighted by Crippen LogP contribution is 2.27. The molecule has 2 amide bonds. The Labute approximate surface area is 230 Å². The average Bonchev–Trinajstić information content (AvgIpc) is 2.92. The van der Waals surface area contributed by atoms with Crippen LogP contribution in [-0.2, 0) is 26.2 Å². The number of rotatable bonds is 12. The molecule has 0 bridgehead atoms. The molecule has 0 radical (unpaired) electrons. The van der Waals surface area contributed by atoms with Crippen LogP contribution < -0.4 is 9.62 Å². The van der Waals surface area contributed by atoms with Crippen molar-refractivity contribution in [2.24, 2.45) is 0 Å². The third-order valence-corrected chi connectivity index (χ3v) is 8.33. The van der Waals surface area contributed by atoms with E-state index in [9.17, 15) is 22.4 Å². The molecule has 0 aliphatic carbocycles. The van der Waals surface area contributed by atoms with Gasteiger partial charge in [-0.15, -0.1) is 0 Å². The quantitative estimate of drug-likeness (QED) is 0.340. The number of halogens is 1. The smallest absolute Gasteiger partial charge is 0.264 e. The third-order valence-electron chi connectivity index (χ3n) is 6.55. The molecule has 9 heteroatoms. The number of carbonyl (C=O) groups excluding carboxylic acids is 2. The highest BCUT2D eigenvalue weighted by Gasteiger charge is 2.34. The van der Waals surface area contributed by atoms with E-state index in [4.69, 9.17) is 0 Å². The van der Waals surface area contributed by atoms with E-state index in [0.29, 0.717) is 12.8 Å². The van der Waals surface area contributed by atoms with Gasteiger partial charge in [0, 0.05) is 12.6 Å². The maximum Gasteiger partial charge on any atom is 0.264 e. The zero-order valence-electron chi connectivity index (χ0n) is 22.8. The lowest BCUT2D eigenvalue weighted by Gasteiger charge is -2.33. The van der Waals surface area contributed by atoms with E-state index in [1.807, 2.05) is 45.0 Å². The molecule has 0 aliphatic rings. The van der Waals surface area contributed by atoms with Crippen molar-refractivity contribution in [3.05, 3.63) is 95.8 Å². The Bertz CT molecular complexity index is 1380. The van der Waals surface area contributed by atoms with E-state index < -0.39 is 34.3 Å². The van der Waals surface area contributed by atoms with Gasteiger partial charge in [0.2, 0.25) is 11.8 Å². The van der Waals surface area contributed by atoms with Crippen molar-refractivity contribution < 1.29 is 22.4 Å². The van der Waals surface area contributed by atoms with E-state index in [2.05, 4.69) is 5.32 Å². The zero-order chi connectivity index (χ0) is 28.6. The molecule has 0 spiro atoms. The van der Waals surface area contributed by atoms with Crippen LogP contribution in [-0.4, -0.2) is 43.8 Å². The minimum atomic E-state index is -4.32. The Balaban J connectivity index is 2.06. The summed E-state index contributed by atoms with van der Waals surface area (Å²) in [5.74, 6) is -1.72. The summed E-state index contributed by atoms with van der Waals surface area (Å²) in [6.45, 7) is 6.95. The van der Waals surface area contributed by atoms with E-state index in [1.54, 1.807) is 25.1 Å². The molecule has 0 fully saturated rings. The van der Waals surface area contributed by atoms with Crippen LogP contribution >= 0.6 is 0 Å². The van der Waals surface area contributed by atoms with Gasteiger partial charge in [-0.25, -0.2) is 12.8 Å². The predicted molar refractivity (Wildman–Crippen MR) is 151 cm³/mol. The van der Waals surface area contributed by atoms with Gasteiger partial charge in [0.05, 0.1) is 10.6 Å². The van der Waals surface area contributed by atoms with E-state index in [0.717, 1.165) is 21.5 Å². The van der Waals surface area contributed by atoms with Crippen LogP contribution in [0.5, 0.6) is 0 Å². The molecule has 3 aromatic carbocycles. The molecule has 208 valence electrons. The fourth-order valence-corrected chi connectivity index (χ4v) is 5.70. The predicted octanol–water partition coefficient (Wildman–Crippen LogP) is 5.05. The van der Waals surface area contributed by atoms with E-state index in [-0.39, 0.29) is 29.1 Å². The van der Waals surface area contributed by atoms with Crippen LogP contribution in [0.3, 0.4) is 0 Å². The fourth-order valence-electron chi connectivity index (χ4n) is 4.25. The van der Waals surface area contributed by atoms with Gasteiger partial charge in [-0.2, -0.15) is 0 Å². The van der Waals surface area contributed by atoms with Crippen LogP contribution in [0, 0.1) is 12.7 Å². The highest BCUT2D eigenvalue weighted by atomic mass is 32.2. The maximum absolute atomic E-state index is 15.0. The summed E-state index contributed by atoms with van der Waals surface area (Å²) in [6.07, 6.45) is 1.02. The summed E-state index contributed by atoms with van der Waals surface area (Å²) in [5.41, 5.74) is 1.53. The molecule has 7 nitrogen and oxygen atoms in total. The topological polar surface area (TPSA) is 86.8 Å². The molecule has 0 heterocycles. The summed E-state index contributed by atoms with van der Waals surface area (Å²) < 4.78 is 43.2. The van der Waals surface area contributed by atoms with Crippen LogP contribution in [0.1, 0.15) is 44.7 Å². The lowest BCUT2D eigenvalue weighted by Crippen LogP contribution is -2.53. The fraction of sp³-hybridized carbons (Fsp3) is 0.333. The second-order valence-electron chi connectivity index (χ2n) is 9.53. The first-order valence-corrected chi connectivity index (χ1v) is 14.5. The number of nitrogens with zero attached hydrogens (tertiary/aromatic N) is 2. The van der Waals surface area contributed by atoms with Crippen molar-refractivity contribution in [2.45, 2.75) is 64.1 Å². The first-order chi connectivity index (χ1) is 18.6. The van der Waals surface area contributed by atoms with E-state index >= 15 is 0 Å². The van der Waals surface area contributed by atoms with Crippen molar-refractivity contribution in [2.75, 3.05) is 10.8 Å². The normalized spacial score (nSPS) is 12.8. The minimum absolute atomic E-state index is 0.0761. The number of amides is 2. The molecule has 3 aromatic rings. The summed E-state index contributed by atoms with van der Waals surface area (Å²) >= 11 is 0. The summed E-state index contributed by atoms with van der Waals surface area (Å²) in [6, 6.07) is 19.6. The number of para-hydroxylation sites is 1. The number of hydrogen-bond acceptors (Lipinski definition) is 4. The molecule has 3 rings (SSSR count). The van der Waals surface area contributed by atoms with Crippen molar-refractivity contribution in [3.8, 4) is 0 Å². The van der Waals surface area contributed by atoms with Crippen LogP contribution in [0.25, 0.3) is 0 Å². The zero-order valence-corrected chi connectivity index (χ0v) is 23.6. The summed E-state index contributed by atoms with van der Waals surface area (Å²) in [7, 11) is -4.32. The highest BCUT2D eigenvalue weighted by molar-refractivity contribution is 7.92. The molecule has 2 atom stereocenters. The second kappa shape index (κ2) is 13.4. The molecule has 39 heavy (non-hydrogen) atoms. The number of carbonyl (C=O) groups is 2. The van der Waals surface area contributed by atoms with Crippen LogP contribution in [0.15, 0.2) is 83.8 Å². The average molecular weight is 554 g/mol. The molecule has 0 saturated carbocycles. The van der Waals surface area contributed by atoms with Crippen LogP contribution in [0.2, 0.25) is 0 Å². The van der Waals surface area contributed by atoms with Gasteiger partial charge in [-0.3, -0.25) is 13.9 Å². The van der Waals surface area contributed by atoms with Crippen molar-refractivity contribution in [1.82, 2.24) is 10.2 Å². The Morgan fingerprint density at radius 3 is 2.21 bits per heavy atom. The monoisotopic (exact) mass is 553 g/mol.